The SMILES string of the molecule is COc1ccc(CCNC(=O)COC(=O)COc2ccc(Cl)cc2Cl)cc1. The largest absolute Gasteiger partial charge is 0.497 e. The average molecular weight is 412 g/mol. The first-order valence-electron chi connectivity index (χ1n) is 8.11. The summed E-state index contributed by atoms with van der Waals surface area (Å²) in [5.41, 5.74) is 1.06. The van der Waals surface area contributed by atoms with E-state index in [1.807, 2.05) is 24.3 Å². The van der Waals surface area contributed by atoms with Gasteiger partial charge < -0.3 is 19.5 Å². The fourth-order valence-corrected chi connectivity index (χ4v) is 2.57. The molecule has 0 atom stereocenters. The molecule has 0 aliphatic heterocycles. The molecule has 2 aromatic carbocycles. The van der Waals surface area contributed by atoms with Crippen molar-refractivity contribution < 1.29 is 23.8 Å². The van der Waals surface area contributed by atoms with Crippen LogP contribution in [0.3, 0.4) is 0 Å². The van der Waals surface area contributed by atoms with E-state index in [4.69, 9.17) is 37.4 Å². The minimum absolute atomic E-state index is 0.284. The number of methoxy groups -OCH3 is 1. The fourth-order valence-electron chi connectivity index (χ4n) is 2.11. The molecule has 0 aliphatic rings. The van der Waals surface area contributed by atoms with Gasteiger partial charge in [-0.05, 0) is 42.3 Å². The van der Waals surface area contributed by atoms with Gasteiger partial charge in [0.2, 0.25) is 0 Å². The molecule has 0 fully saturated rings. The Balaban J connectivity index is 1.63. The number of esters is 1. The van der Waals surface area contributed by atoms with Crippen LogP contribution in [0.1, 0.15) is 5.56 Å². The van der Waals surface area contributed by atoms with Crippen LogP contribution in [0, 0.1) is 0 Å². The van der Waals surface area contributed by atoms with Gasteiger partial charge in [0.15, 0.2) is 13.2 Å². The van der Waals surface area contributed by atoms with Crippen molar-refractivity contribution in [2.24, 2.45) is 0 Å². The molecule has 6 nitrogen and oxygen atoms in total. The van der Waals surface area contributed by atoms with Crippen molar-refractivity contribution in [1.82, 2.24) is 5.32 Å². The maximum atomic E-state index is 11.7. The van der Waals surface area contributed by atoms with Crippen LogP contribution in [0.5, 0.6) is 11.5 Å². The van der Waals surface area contributed by atoms with E-state index in [0.717, 1.165) is 11.3 Å². The van der Waals surface area contributed by atoms with Gasteiger partial charge in [-0.2, -0.15) is 0 Å². The lowest BCUT2D eigenvalue weighted by atomic mass is 10.1. The summed E-state index contributed by atoms with van der Waals surface area (Å²) >= 11 is 11.7. The predicted octanol–water partition coefficient (Wildman–Crippen LogP) is 3.28. The molecule has 0 saturated carbocycles. The number of rotatable bonds is 9. The Bertz CT molecular complexity index is 780. The second-order valence-corrected chi connectivity index (χ2v) is 6.32. The number of nitrogens with one attached hydrogen (secondary N) is 1. The number of amides is 1. The number of benzene rings is 2. The third-order valence-electron chi connectivity index (χ3n) is 3.50. The van der Waals surface area contributed by atoms with Gasteiger partial charge in [-0.1, -0.05) is 35.3 Å². The Morgan fingerprint density at radius 3 is 2.44 bits per heavy atom. The smallest absolute Gasteiger partial charge is 0.344 e. The second kappa shape index (κ2) is 10.6. The Morgan fingerprint density at radius 2 is 1.78 bits per heavy atom. The van der Waals surface area contributed by atoms with E-state index in [-0.39, 0.29) is 24.1 Å². The van der Waals surface area contributed by atoms with Crippen molar-refractivity contribution in [3.63, 3.8) is 0 Å². The zero-order chi connectivity index (χ0) is 19.6. The van der Waals surface area contributed by atoms with Crippen molar-refractivity contribution >= 4 is 35.1 Å². The van der Waals surface area contributed by atoms with Crippen LogP contribution in [0.25, 0.3) is 0 Å². The van der Waals surface area contributed by atoms with E-state index in [1.165, 1.54) is 6.07 Å². The van der Waals surface area contributed by atoms with Crippen LogP contribution in [0.15, 0.2) is 42.5 Å². The molecule has 0 heterocycles. The highest BCUT2D eigenvalue weighted by Crippen LogP contribution is 2.27. The minimum Gasteiger partial charge on any atom is -0.497 e. The lowest BCUT2D eigenvalue weighted by molar-refractivity contribution is -0.150. The van der Waals surface area contributed by atoms with Gasteiger partial charge in [-0.25, -0.2) is 4.79 Å². The molecule has 0 aromatic heterocycles. The van der Waals surface area contributed by atoms with Crippen LogP contribution in [0.4, 0.5) is 0 Å². The number of ether oxygens (including phenoxy) is 3. The Kier molecular flexibility index (Phi) is 8.23. The monoisotopic (exact) mass is 411 g/mol. The van der Waals surface area contributed by atoms with E-state index in [0.29, 0.717) is 23.7 Å². The molecule has 8 heteroatoms. The van der Waals surface area contributed by atoms with Gasteiger partial charge in [0.25, 0.3) is 5.91 Å². The highest BCUT2D eigenvalue weighted by molar-refractivity contribution is 6.35. The Morgan fingerprint density at radius 1 is 1.04 bits per heavy atom. The van der Waals surface area contributed by atoms with Crippen molar-refractivity contribution in [2.45, 2.75) is 6.42 Å². The molecule has 0 saturated heterocycles. The third-order valence-corrected chi connectivity index (χ3v) is 4.03. The van der Waals surface area contributed by atoms with Crippen LogP contribution < -0.4 is 14.8 Å². The van der Waals surface area contributed by atoms with E-state index in [1.54, 1.807) is 19.2 Å². The van der Waals surface area contributed by atoms with Crippen LogP contribution in [-0.2, 0) is 20.7 Å². The predicted molar refractivity (Wildman–Crippen MR) is 103 cm³/mol. The Labute approximate surface area is 167 Å². The lowest BCUT2D eigenvalue weighted by Gasteiger charge is -2.09. The van der Waals surface area contributed by atoms with Gasteiger partial charge in [0.05, 0.1) is 12.1 Å². The summed E-state index contributed by atoms with van der Waals surface area (Å²) in [6.45, 7) is -0.306. The maximum absolute atomic E-state index is 11.7. The third kappa shape index (κ3) is 7.37. The second-order valence-electron chi connectivity index (χ2n) is 5.47. The zero-order valence-corrected chi connectivity index (χ0v) is 16.2. The maximum Gasteiger partial charge on any atom is 0.344 e. The van der Waals surface area contributed by atoms with E-state index < -0.39 is 5.97 Å². The standard InChI is InChI=1S/C19H19Cl2NO5/c1-25-15-5-2-13(3-6-15)8-9-22-18(23)11-27-19(24)12-26-17-7-4-14(20)10-16(17)21/h2-7,10H,8-9,11-12H2,1H3,(H,22,23). The van der Waals surface area contributed by atoms with Crippen molar-refractivity contribution in [1.29, 1.82) is 0 Å². The van der Waals surface area contributed by atoms with E-state index >= 15 is 0 Å². The molecule has 0 aliphatic carbocycles. The molecule has 0 spiro atoms. The summed E-state index contributed by atoms with van der Waals surface area (Å²) < 4.78 is 15.2. The highest BCUT2D eigenvalue weighted by atomic mass is 35.5. The quantitative estimate of drug-likeness (QED) is 0.640. The first-order valence-corrected chi connectivity index (χ1v) is 8.86. The summed E-state index contributed by atoms with van der Waals surface area (Å²) in [5.74, 6) is 0.0199. The minimum atomic E-state index is -0.675. The molecule has 27 heavy (non-hydrogen) atoms. The van der Waals surface area contributed by atoms with Crippen LogP contribution in [-0.4, -0.2) is 38.7 Å². The van der Waals surface area contributed by atoms with Crippen molar-refractivity contribution in [2.75, 3.05) is 26.9 Å². The molecule has 1 amide bonds. The number of carbonyl (C=O) groups is 2. The van der Waals surface area contributed by atoms with Crippen LogP contribution in [0.2, 0.25) is 10.0 Å². The topological polar surface area (TPSA) is 73.9 Å². The van der Waals surface area contributed by atoms with E-state index in [2.05, 4.69) is 5.32 Å². The molecule has 144 valence electrons. The highest BCUT2D eigenvalue weighted by Gasteiger charge is 2.10. The summed E-state index contributed by atoms with van der Waals surface area (Å²) in [7, 11) is 1.60. The summed E-state index contributed by atoms with van der Waals surface area (Å²) in [6, 6.07) is 12.2. The molecule has 2 rings (SSSR count). The normalized spacial score (nSPS) is 10.2. The van der Waals surface area contributed by atoms with Crippen molar-refractivity contribution in [3.05, 3.63) is 58.1 Å². The molecule has 0 unspecified atom stereocenters. The summed E-state index contributed by atoms with van der Waals surface area (Å²) in [5, 5.41) is 3.42. The molecule has 2 aromatic rings. The number of halogens is 2. The van der Waals surface area contributed by atoms with Gasteiger partial charge >= 0.3 is 5.97 Å². The molecule has 0 radical (unpaired) electrons. The average Bonchev–Trinajstić information content (AvgIpc) is 2.66. The molecular weight excluding hydrogens is 393 g/mol. The van der Waals surface area contributed by atoms with Gasteiger partial charge in [0.1, 0.15) is 11.5 Å². The summed E-state index contributed by atoms with van der Waals surface area (Å²) in [6.07, 6.45) is 0.655. The number of hydrogen-bond donors (Lipinski definition) is 1. The fraction of sp³-hybridized carbons (Fsp3) is 0.263. The summed E-state index contributed by atoms with van der Waals surface area (Å²) in [4.78, 5) is 23.4. The first-order chi connectivity index (χ1) is 13.0. The number of hydrogen-bond acceptors (Lipinski definition) is 5. The van der Waals surface area contributed by atoms with Gasteiger partial charge in [-0.3, -0.25) is 4.79 Å². The first kappa shape index (κ1) is 20.9. The van der Waals surface area contributed by atoms with Gasteiger partial charge in [-0.15, -0.1) is 0 Å². The van der Waals surface area contributed by atoms with Crippen molar-refractivity contribution in [3.8, 4) is 11.5 Å². The van der Waals surface area contributed by atoms with Crippen LogP contribution >= 0.6 is 23.2 Å². The van der Waals surface area contributed by atoms with E-state index in [9.17, 15) is 9.59 Å². The van der Waals surface area contributed by atoms with Gasteiger partial charge in [0, 0.05) is 11.6 Å². The lowest BCUT2D eigenvalue weighted by Crippen LogP contribution is -2.31. The molecular formula is C19H19Cl2NO5. The molecule has 1 N–H and O–H groups in total. The number of carbonyl (C=O) groups excluding carboxylic acids is 2. The Hall–Kier alpha value is -2.44. The zero-order valence-electron chi connectivity index (χ0n) is 14.7. The molecule has 0 bridgehead atoms.